The Bertz CT molecular complexity index is 665. The van der Waals surface area contributed by atoms with Gasteiger partial charge >= 0.3 is 0 Å². The van der Waals surface area contributed by atoms with Gasteiger partial charge in [-0.2, -0.15) is 0 Å². The van der Waals surface area contributed by atoms with Crippen LogP contribution in [0.3, 0.4) is 0 Å². The normalized spacial score (nSPS) is 17.3. The third-order valence-corrected chi connectivity index (χ3v) is 4.02. The lowest BCUT2D eigenvalue weighted by molar-refractivity contribution is 0.353. The molecule has 1 heterocycles. The molecule has 0 unspecified atom stereocenters. The number of ether oxygens (including phenoxy) is 2. The van der Waals surface area contributed by atoms with Gasteiger partial charge in [0.1, 0.15) is 0 Å². The van der Waals surface area contributed by atoms with Crippen molar-refractivity contribution in [2.75, 3.05) is 20.8 Å². The molecule has 2 aromatic carbocycles. The third kappa shape index (κ3) is 3.00. The minimum atomic E-state index is 0.198. The lowest BCUT2D eigenvalue weighted by atomic mass is 9.93. The Balaban J connectivity index is 1.92. The Kier molecular flexibility index (Phi) is 4.45. The van der Waals surface area contributed by atoms with Crippen molar-refractivity contribution in [2.45, 2.75) is 12.5 Å². The summed E-state index contributed by atoms with van der Waals surface area (Å²) in [5.74, 6) is 1.58. The number of nitrogens with one attached hydrogen (secondary N) is 1. The van der Waals surface area contributed by atoms with Crippen LogP contribution in [0.25, 0.3) is 6.08 Å². The number of hydrogen-bond acceptors (Lipinski definition) is 3. The van der Waals surface area contributed by atoms with Crippen molar-refractivity contribution >= 4 is 6.08 Å². The summed E-state index contributed by atoms with van der Waals surface area (Å²) >= 11 is 0. The molecule has 0 saturated heterocycles. The first-order chi connectivity index (χ1) is 10.8. The maximum Gasteiger partial charge on any atom is 0.161 e. The van der Waals surface area contributed by atoms with Crippen LogP contribution in [0.2, 0.25) is 0 Å². The predicted molar refractivity (Wildman–Crippen MR) is 89.5 cm³/mol. The highest BCUT2D eigenvalue weighted by Crippen LogP contribution is 2.35. The van der Waals surface area contributed by atoms with Crippen LogP contribution >= 0.6 is 0 Å². The summed E-state index contributed by atoms with van der Waals surface area (Å²) in [6.07, 6.45) is 5.37. The molecular weight excluding hydrogens is 274 g/mol. The molecular formula is C19H21NO2. The Labute approximate surface area is 131 Å². The molecule has 2 aromatic rings. The molecule has 3 nitrogen and oxygen atoms in total. The Morgan fingerprint density at radius 2 is 1.77 bits per heavy atom. The first kappa shape index (κ1) is 14.7. The largest absolute Gasteiger partial charge is 0.493 e. The van der Waals surface area contributed by atoms with Gasteiger partial charge in [0.25, 0.3) is 0 Å². The standard InChI is InChI=1S/C19H21NO2/c1-21-18-12-15-10-11-20-17(16(15)13-19(18)22-2)9-8-14-6-4-3-5-7-14/h3-9,12-13,17,20H,10-11H2,1-2H3/t17-/m1/s1. The summed E-state index contributed by atoms with van der Waals surface area (Å²) < 4.78 is 10.8. The van der Waals surface area contributed by atoms with Gasteiger partial charge in [-0.1, -0.05) is 42.5 Å². The number of fused-ring (bicyclic) bond motifs is 1. The lowest BCUT2D eigenvalue weighted by Crippen LogP contribution is -2.28. The molecule has 0 spiro atoms. The third-order valence-electron chi connectivity index (χ3n) is 4.02. The minimum absolute atomic E-state index is 0.198. The van der Waals surface area contributed by atoms with Crippen molar-refractivity contribution < 1.29 is 9.47 Å². The monoisotopic (exact) mass is 295 g/mol. The molecule has 1 aliphatic rings. The molecule has 1 aliphatic heterocycles. The van der Waals surface area contributed by atoms with E-state index in [-0.39, 0.29) is 6.04 Å². The first-order valence-corrected chi connectivity index (χ1v) is 7.53. The molecule has 0 bridgehead atoms. The number of methoxy groups -OCH3 is 2. The molecule has 0 saturated carbocycles. The highest BCUT2D eigenvalue weighted by molar-refractivity contribution is 5.54. The van der Waals surface area contributed by atoms with Gasteiger partial charge in [0.2, 0.25) is 0 Å². The number of benzene rings is 2. The average Bonchev–Trinajstić information content (AvgIpc) is 2.59. The topological polar surface area (TPSA) is 30.5 Å². The molecule has 22 heavy (non-hydrogen) atoms. The summed E-state index contributed by atoms with van der Waals surface area (Å²) in [7, 11) is 3.35. The second-order valence-corrected chi connectivity index (χ2v) is 5.36. The van der Waals surface area contributed by atoms with Gasteiger partial charge in [-0.15, -0.1) is 0 Å². The fraction of sp³-hybridized carbons (Fsp3) is 0.263. The van der Waals surface area contributed by atoms with E-state index in [9.17, 15) is 0 Å². The van der Waals surface area contributed by atoms with E-state index in [4.69, 9.17) is 9.47 Å². The average molecular weight is 295 g/mol. The SMILES string of the molecule is COc1cc2c(cc1OC)[C@@H](C=Cc1ccccc1)NCC2. The summed E-state index contributed by atoms with van der Waals surface area (Å²) in [5, 5.41) is 3.55. The van der Waals surface area contributed by atoms with E-state index in [0.29, 0.717) is 0 Å². The van der Waals surface area contributed by atoms with Crippen LogP contribution in [0.15, 0.2) is 48.5 Å². The fourth-order valence-electron chi connectivity index (χ4n) is 2.86. The Morgan fingerprint density at radius 3 is 2.50 bits per heavy atom. The minimum Gasteiger partial charge on any atom is -0.493 e. The fourth-order valence-corrected chi connectivity index (χ4v) is 2.86. The Hall–Kier alpha value is -2.26. The van der Waals surface area contributed by atoms with E-state index < -0.39 is 0 Å². The summed E-state index contributed by atoms with van der Waals surface area (Å²) in [5.41, 5.74) is 3.78. The van der Waals surface area contributed by atoms with Gasteiger partial charge in [-0.25, -0.2) is 0 Å². The van der Waals surface area contributed by atoms with Crippen molar-refractivity contribution in [3.63, 3.8) is 0 Å². The van der Waals surface area contributed by atoms with Crippen molar-refractivity contribution in [1.29, 1.82) is 0 Å². The van der Waals surface area contributed by atoms with E-state index in [1.165, 1.54) is 16.7 Å². The van der Waals surface area contributed by atoms with Crippen molar-refractivity contribution in [3.8, 4) is 11.5 Å². The molecule has 0 fully saturated rings. The van der Waals surface area contributed by atoms with Crippen LogP contribution in [-0.4, -0.2) is 20.8 Å². The van der Waals surface area contributed by atoms with Crippen molar-refractivity contribution in [2.24, 2.45) is 0 Å². The zero-order valence-corrected chi connectivity index (χ0v) is 13.0. The molecule has 1 atom stereocenters. The summed E-state index contributed by atoms with van der Waals surface area (Å²) in [6, 6.07) is 14.7. The molecule has 114 valence electrons. The van der Waals surface area contributed by atoms with E-state index in [0.717, 1.165) is 24.5 Å². The number of hydrogen-bond donors (Lipinski definition) is 1. The Morgan fingerprint density at radius 1 is 1.05 bits per heavy atom. The zero-order valence-electron chi connectivity index (χ0n) is 13.0. The molecule has 0 aromatic heterocycles. The van der Waals surface area contributed by atoms with Crippen LogP contribution in [0.5, 0.6) is 11.5 Å². The van der Waals surface area contributed by atoms with Gasteiger partial charge in [-0.3, -0.25) is 0 Å². The molecule has 0 aliphatic carbocycles. The van der Waals surface area contributed by atoms with Gasteiger partial charge in [0, 0.05) is 6.54 Å². The molecule has 3 rings (SSSR count). The summed E-state index contributed by atoms with van der Waals surface area (Å²) in [6.45, 7) is 0.965. The zero-order chi connectivity index (χ0) is 15.4. The van der Waals surface area contributed by atoms with E-state index >= 15 is 0 Å². The highest BCUT2D eigenvalue weighted by Gasteiger charge is 2.20. The van der Waals surface area contributed by atoms with E-state index in [1.807, 2.05) is 6.07 Å². The second-order valence-electron chi connectivity index (χ2n) is 5.36. The maximum atomic E-state index is 5.44. The smallest absolute Gasteiger partial charge is 0.161 e. The van der Waals surface area contributed by atoms with Crippen molar-refractivity contribution in [3.05, 3.63) is 65.2 Å². The predicted octanol–water partition coefficient (Wildman–Crippen LogP) is 3.60. The highest BCUT2D eigenvalue weighted by atomic mass is 16.5. The van der Waals surface area contributed by atoms with E-state index in [1.54, 1.807) is 14.2 Å². The summed E-state index contributed by atoms with van der Waals surface area (Å²) in [4.78, 5) is 0. The van der Waals surface area contributed by atoms with Gasteiger partial charge in [0.05, 0.1) is 20.3 Å². The van der Waals surface area contributed by atoms with Gasteiger partial charge in [0.15, 0.2) is 11.5 Å². The van der Waals surface area contributed by atoms with E-state index in [2.05, 4.69) is 53.9 Å². The molecule has 1 N–H and O–H groups in total. The van der Waals surface area contributed by atoms with Crippen LogP contribution in [0, 0.1) is 0 Å². The van der Waals surface area contributed by atoms with Crippen LogP contribution < -0.4 is 14.8 Å². The maximum absolute atomic E-state index is 5.44. The number of rotatable bonds is 4. The van der Waals surface area contributed by atoms with Crippen LogP contribution in [-0.2, 0) is 6.42 Å². The molecule has 3 heteroatoms. The molecule has 0 amide bonds. The second kappa shape index (κ2) is 6.67. The van der Waals surface area contributed by atoms with Crippen LogP contribution in [0.4, 0.5) is 0 Å². The van der Waals surface area contributed by atoms with Gasteiger partial charge < -0.3 is 14.8 Å². The van der Waals surface area contributed by atoms with Crippen molar-refractivity contribution in [1.82, 2.24) is 5.32 Å². The quantitative estimate of drug-likeness (QED) is 0.935. The van der Waals surface area contributed by atoms with Crippen LogP contribution in [0.1, 0.15) is 22.7 Å². The lowest BCUT2D eigenvalue weighted by Gasteiger charge is -2.26. The van der Waals surface area contributed by atoms with Gasteiger partial charge in [-0.05, 0) is 35.2 Å². The molecule has 0 radical (unpaired) electrons. The first-order valence-electron chi connectivity index (χ1n) is 7.53.